The third-order valence-electron chi connectivity index (χ3n) is 5.96. The van der Waals surface area contributed by atoms with Crippen LogP contribution in [0.15, 0.2) is 81.3 Å². The zero-order chi connectivity index (χ0) is 19.5. The van der Waals surface area contributed by atoms with Crippen LogP contribution in [0.4, 0.5) is 0 Å². The Morgan fingerprint density at radius 2 is 1.67 bits per heavy atom. The van der Waals surface area contributed by atoms with Crippen LogP contribution in [0.3, 0.4) is 0 Å². The minimum Gasteiger partial charge on any atom is -1.00 e. The summed E-state index contributed by atoms with van der Waals surface area (Å²) in [6.45, 7) is 7.06. The van der Waals surface area contributed by atoms with Gasteiger partial charge in [-0.2, -0.15) is 0 Å². The van der Waals surface area contributed by atoms with E-state index in [0.717, 1.165) is 8.58 Å². The molecule has 0 heterocycles. The van der Waals surface area contributed by atoms with Gasteiger partial charge in [0, 0.05) is 0 Å². The summed E-state index contributed by atoms with van der Waals surface area (Å²) in [6, 6.07) is 20.2. The molecule has 2 atom stereocenters. The fourth-order valence-corrected chi connectivity index (χ4v) is 8.78. The number of unbranched alkanes of at least 4 members (excludes halogenated alkanes) is 1. The Labute approximate surface area is 205 Å². The van der Waals surface area contributed by atoms with Crippen molar-refractivity contribution in [3.05, 3.63) is 92.4 Å². The van der Waals surface area contributed by atoms with Gasteiger partial charge < -0.3 is 24.8 Å². The summed E-state index contributed by atoms with van der Waals surface area (Å²) in [6.07, 6.45) is 7.60. The van der Waals surface area contributed by atoms with Crippen molar-refractivity contribution in [1.29, 1.82) is 0 Å². The van der Waals surface area contributed by atoms with E-state index in [1.165, 1.54) is 36.6 Å². The van der Waals surface area contributed by atoms with Crippen LogP contribution in [-0.4, -0.2) is 0 Å². The summed E-state index contributed by atoms with van der Waals surface area (Å²) in [5, 5.41) is 3.06. The Morgan fingerprint density at radius 3 is 2.40 bits per heavy atom. The van der Waals surface area contributed by atoms with Crippen molar-refractivity contribution in [2.45, 2.75) is 50.7 Å². The zero-order valence-electron chi connectivity index (χ0n) is 17.9. The molecule has 30 heavy (non-hydrogen) atoms. The second-order valence-electron chi connectivity index (χ2n) is 7.87. The molecule has 4 heteroatoms. The smallest absolute Gasteiger partial charge is 1.00 e. The third-order valence-corrected chi connectivity index (χ3v) is 10.4. The number of halogens is 2. The molecule has 0 nitrogen and oxygen atoms in total. The maximum Gasteiger partial charge on any atom is -1.00 e. The van der Waals surface area contributed by atoms with Crippen molar-refractivity contribution in [2.24, 2.45) is 0 Å². The summed E-state index contributed by atoms with van der Waals surface area (Å²) < 4.78 is 2.49. The molecule has 4 rings (SSSR count). The Kier molecular flexibility index (Phi) is 10.1. The Balaban J connectivity index is 0.00000160. The molecule has 156 valence electrons. The first kappa shape index (κ1) is 25.6. The van der Waals surface area contributed by atoms with E-state index in [4.69, 9.17) is 0 Å². The van der Waals surface area contributed by atoms with Crippen LogP contribution in [0.25, 0.3) is 5.31 Å². The topological polar surface area (TPSA) is 0 Å². The maximum absolute atomic E-state index is 2.48. The average molecular weight is 491 g/mol. The van der Waals surface area contributed by atoms with Crippen molar-refractivity contribution in [3.63, 3.8) is 0 Å². The summed E-state index contributed by atoms with van der Waals surface area (Å²) >= 11 is -0.192. The minimum atomic E-state index is -0.192. The van der Waals surface area contributed by atoms with Crippen LogP contribution in [0.5, 0.6) is 0 Å². The van der Waals surface area contributed by atoms with E-state index in [1.54, 1.807) is 27.6 Å². The van der Waals surface area contributed by atoms with Crippen LogP contribution in [0, 0.1) is 0 Å². The van der Waals surface area contributed by atoms with E-state index < -0.39 is 0 Å². The summed E-state index contributed by atoms with van der Waals surface area (Å²) in [5.41, 5.74) is 8.05. The van der Waals surface area contributed by atoms with Gasteiger partial charge in [0.1, 0.15) is 0 Å². The fourth-order valence-electron chi connectivity index (χ4n) is 4.35. The summed E-state index contributed by atoms with van der Waals surface area (Å²) in [4.78, 5) is 0. The van der Waals surface area contributed by atoms with E-state index >= 15 is 0 Å². The summed E-state index contributed by atoms with van der Waals surface area (Å²) in [5.74, 6) is 0. The molecule has 2 unspecified atom stereocenters. The first-order valence-electron chi connectivity index (χ1n) is 10.5. The molecule has 0 saturated heterocycles. The van der Waals surface area contributed by atoms with Crippen molar-refractivity contribution in [1.82, 2.24) is 0 Å². The van der Waals surface area contributed by atoms with E-state index in [0.29, 0.717) is 4.22 Å². The van der Waals surface area contributed by atoms with E-state index in [9.17, 15) is 0 Å². The van der Waals surface area contributed by atoms with Gasteiger partial charge in [-0.1, -0.05) is 0 Å². The number of fused-ring (bicyclic) bond motifs is 1. The number of rotatable bonds is 7. The Morgan fingerprint density at radius 1 is 0.967 bits per heavy atom. The molecule has 0 aliphatic heterocycles. The predicted octanol–water partition coefficient (Wildman–Crippen LogP) is 1.36. The molecule has 0 bridgehead atoms. The van der Waals surface area contributed by atoms with Crippen LogP contribution in [0.1, 0.15) is 61.8 Å². The molecule has 2 aromatic rings. The minimum absolute atomic E-state index is 0. The van der Waals surface area contributed by atoms with Gasteiger partial charge in [0.05, 0.1) is 0 Å². The fraction of sp³-hybridized carbons (Fsp3) is 0.308. The number of hydrogen-bond donors (Lipinski definition) is 0. The van der Waals surface area contributed by atoms with Crippen molar-refractivity contribution in [3.8, 4) is 0 Å². The van der Waals surface area contributed by atoms with Crippen molar-refractivity contribution in [2.75, 3.05) is 0 Å². The SMILES string of the molecule is CCCCC1=[C]([Ti+2][CH]2C(C)=C(Pc3ccccc3)c3ccccc32)CC=C1C.[Cl-].[Cl-]. The Bertz CT molecular complexity index is 960. The second kappa shape index (κ2) is 11.8. The van der Waals surface area contributed by atoms with Gasteiger partial charge in [0.25, 0.3) is 0 Å². The van der Waals surface area contributed by atoms with Crippen LogP contribution < -0.4 is 30.1 Å². The molecule has 0 radical (unpaired) electrons. The molecule has 0 fully saturated rings. The molecule has 2 aromatic carbocycles. The van der Waals surface area contributed by atoms with Gasteiger partial charge in [0.15, 0.2) is 0 Å². The van der Waals surface area contributed by atoms with Crippen molar-refractivity contribution < 1.29 is 44.0 Å². The number of allylic oxidation sites excluding steroid dienone is 5. The molecule has 0 N–H and O–H groups in total. The van der Waals surface area contributed by atoms with Gasteiger partial charge in [-0.3, -0.25) is 0 Å². The molecule has 2 aliphatic carbocycles. The second-order valence-corrected chi connectivity index (χ2v) is 11.5. The molecule has 0 aromatic heterocycles. The first-order chi connectivity index (χ1) is 13.7. The number of hydrogen-bond acceptors (Lipinski definition) is 0. The molecule has 2 aliphatic rings. The molecular weight excluding hydrogens is 462 g/mol. The van der Waals surface area contributed by atoms with Crippen LogP contribution in [-0.2, 0) is 19.2 Å². The zero-order valence-corrected chi connectivity index (χ0v) is 22.0. The van der Waals surface area contributed by atoms with E-state index in [-0.39, 0.29) is 44.0 Å². The standard InChI is InChI=1S/C16H14P.C10H15.2ClH.Ti/c1-12-11-13-7-5-6-10-15(13)16(12)17-14-8-3-2-4-9-14;1-3-4-7-10-8-5-6-9(10)2;;;/h2-11,17H,1H3;6H,3-5,7H2,1-2H3;2*1H;/q;;;;+2/p-2. The van der Waals surface area contributed by atoms with Gasteiger partial charge in [-0.25, -0.2) is 0 Å². The van der Waals surface area contributed by atoms with Gasteiger partial charge in [-0.15, -0.1) is 0 Å². The molecular formula is C26H29Cl2PTi. The normalized spacial score (nSPS) is 17.6. The van der Waals surface area contributed by atoms with Crippen molar-refractivity contribution >= 4 is 19.2 Å². The quantitative estimate of drug-likeness (QED) is 0.406. The van der Waals surface area contributed by atoms with Gasteiger partial charge >= 0.3 is 181 Å². The predicted molar refractivity (Wildman–Crippen MR) is 121 cm³/mol. The third kappa shape index (κ3) is 5.41. The van der Waals surface area contributed by atoms with Gasteiger partial charge in [0.2, 0.25) is 0 Å². The monoisotopic (exact) mass is 490 g/mol. The van der Waals surface area contributed by atoms with Crippen LogP contribution in [0.2, 0.25) is 0 Å². The Hall–Kier alpha value is -0.616. The van der Waals surface area contributed by atoms with Crippen LogP contribution >= 0.6 is 8.58 Å². The van der Waals surface area contributed by atoms with E-state index in [1.807, 2.05) is 3.88 Å². The maximum atomic E-state index is 2.48. The molecule has 0 amide bonds. The average Bonchev–Trinajstić information content (AvgIpc) is 3.20. The largest absolute Gasteiger partial charge is 1.00 e. The molecule has 0 spiro atoms. The van der Waals surface area contributed by atoms with E-state index in [2.05, 4.69) is 81.4 Å². The van der Waals surface area contributed by atoms with Gasteiger partial charge in [-0.05, 0) is 0 Å². The summed E-state index contributed by atoms with van der Waals surface area (Å²) in [7, 11) is 0.765. The molecule has 0 saturated carbocycles. The number of benzene rings is 2. The first-order valence-corrected chi connectivity index (χ1v) is 13.1.